The molecular formula is C18H25ClN4O3S. The first-order valence-electron chi connectivity index (χ1n) is 9.27. The van der Waals surface area contributed by atoms with Gasteiger partial charge in [-0.3, -0.25) is 19.4 Å². The first kappa shape index (κ1) is 20.1. The van der Waals surface area contributed by atoms with Gasteiger partial charge in [0.15, 0.2) is 0 Å². The van der Waals surface area contributed by atoms with Crippen molar-refractivity contribution in [3.63, 3.8) is 0 Å². The van der Waals surface area contributed by atoms with Gasteiger partial charge in [-0.15, -0.1) is 11.3 Å². The quantitative estimate of drug-likeness (QED) is 0.726. The number of amides is 4. The van der Waals surface area contributed by atoms with Gasteiger partial charge in [-0.2, -0.15) is 0 Å². The highest BCUT2D eigenvalue weighted by molar-refractivity contribution is 7.16. The number of carbonyl (C=O) groups excluding carboxylic acids is 3. The number of thiophene rings is 1. The molecular weight excluding hydrogens is 388 g/mol. The molecule has 3 heterocycles. The smallest absolute Gasteiger partial charge is 0.325 e. The third-order valence-corrected chi connectivity index (χ3v) is 6.70. The topological polar surface area (TPSA) is 73.0 Å². The highest BCUT2D eigenvalue weighted by Gasteiger charge is 2.49. The van der Waals surface area contributed by atoms with E-state index in [1.165, 1.54) is 4.88 Å². The molecule has 2 saturated heterocycles. The molecule has 148 valence electrons. The molecule has 1 N–H and O–H groups in total. The van der Waals surface area contributed by atoms with E-state index in [9.17, 15) is 14.4 Å². The fraction of sp³-hybridized carbons (Fsp3) is 0.611. The molecule has 0 spiro atoms. The van der Waals surface area contributed by atoms with Crippen molar-refractivity contribution in [3.05, 3.63) is 21.3 Å². The fourth-order valence-electron chi connectivity index (χ4n) is 3.60. The standard InChI is InChI=1S/C18H25ClN4O3S/c1-3-18(4-2)16(25)23(17(26)20-18)12-15(24)22-9-7-21(8-10-22)11-13-5-6-14(19)27-13/h5-6H,3-4,7-12H2,1-2H3,(H,20,26). The number of nitrogens with zero attached hydrogens (tertiary/aromatic N) is 3. The Hall–Kier alpha value is -1.64. The number of carbonyl (C=O) groups is 3. The van der Waals surface area contributed by atoms with Crippen LogP contribution < -0.4 is 5.32 Å². The number of nitrogens with one attached hydrogen (secondary N) is 1. The normalized spacial score (nSPS) is 20.3. The molecule has 3 rings (SSSR count). The van der Waals surface area contributed by atoms with Crippen LogP contribution in [0.1, 0.15) is 31.6 Å². The Morgan fingerprint density at radius 3 is 2.37 bits per heavy atom. The van der Waals surface area contributed by atoms with Crippen LogP contribution in [0, 0.1) is 0 Å². The van der Waals surface area contributed by atoms with Crippen LogP contribution in [0.5, 0.6) is 0 Å². The summed E-state index contributed by atoms with van der Waals surface area (Å²) in [5, 5.41) is 2.76. The fourth-order valence-corrected chi connectivity index (χ4v) is 4.73. The van der Waals surface area contributed by atoms with Gasteiger partial charge in [0.1, 0.15) is 12.1 Å². The molecule has 2 fully saturated rings. The minimum atomic E-state index is -0.863. The molecule has 2 aliphatic heterocycles. The first-order valence-corrected chi connectivity index (χ1v) is 10.5. The monoisotopic (exact) mass is 412 g/mol. The Morgan fingerprint density at radius 2 is 1.85 bits per heavy atom. The van der Waals surface area contributed by atoms with Crippen LogP contribution in [0.4, 0.5) is 4.79 Å². The summed E-state index contributed by atoms with van der Waals surface area (Å²) in [6.07, 6.45) is 1.04. The Labute approximate surface area is 168 Å². The lowest BCUT2D eigenvalue weighted by molar-refractivity contribution is -0.140. The molecule has 4 amide bonds. The molecule has 1 aromatic rings. The SMILES string of the molecule is CCC1(CC)NC(=O)N(CC(=O)N2CCN(Cc3ccc(Cl)s3)CC2)C1=O. The number of imide groups is 1. The van der Waals surface area contributed by atoms with Crippen LogP contribution in [-0.4, -0.2) is 70.8 Å². The maximum absolute atomic E-state index is 12.6. The van der Waals surface area contributed by atoms with Crippen molar-refractivity contribution in [3.8, 4) is 0 Å². The molecule has 0 aliphatic carbocycles. The summed E-state index contributed by atoms with van der Waals surface area (Å²) in [5.41, 5.74) is -0.863. The van der Waals surface area contributed by atoms with Crippen LogP contribution in [0.3, 0.4) is 0 Å². The number of piperazine rings is 1. The number of halogens is 1. The van der Waals surface area contributed by atoms with Gasteiger partial charge in [0, 0.05) is 37.6 Å². The van der Waals surface area contributed by atoms with Crippen LogP contribution in [-0.2, 0) is 16.1 Å². The summed E-state index contributed by atoms with van der Waals surface area (Å²) in [4.78, 5) is 43.7. The van der Waals surface area contributed by atoms with Crippen molar-refractivity contribution < 1.29 is 14.4 Å². The predicted molar refractivity (Wildman–Crippen MR) is 105 cm³/mol. The van der Waals surface area contributed by atoms with E-state index in [2.05, 4.69) is 10.2 Å². The van der Waals surface area contributed by atoms with E-state index < -0.39 is 11.6 Å². The van der Waals surface area contributed by atoms with Gasteiger partial charge in [-0.1, -0.05) is 25.4 Å². The van der Waals surface area contributed by atoms with E-state index in [4.69, 9.17) is 11.6 Å². The first-order chi connectivity index (χ1) is 12.9. The molecule has 27 heavy (non-hydrogen) atoms. The Bertz CT molecular complexity index is 726. The predicted octanol–water partition coefficient (Wildman–Crippen LogP) is 2.16. The van der Waals surface area contributed by atoms with Crippen LogP contribution >= 0.6 is 22.9 Å². The van der Waals surface area contributed by atoms with E-state index in [1.54, 1.807) is 16.2 Å². The lowest BCUT2D eigenvalue weighted by Crippen LogP contribution is -2.52. The zero-order chi connectivity index (χ0) is 19.6. The van der Waals surface area contributed by atoms with Gasteiger partial charge < -0.3 is 10.2 Å². The number of rotatable bonds is 6. The summed E-state index contributed by atoms with van der Waals surface area (Å²) in [5.74, 6) is -0.473. The third-order valence-electron chi connectivity index (χ3n) is 5.48. The summed E-state index contributed by atoms with van der Waals surface area (Å²) in [6, 6.07) is 3.45. The second-order valence-electron chi connectivity index (χ2n) is 6.97. The summed E-state index contributed by atoms with van der Waals surface area (Å²) in [7, 11) is 0. The highest BCUT2D eigenvalue weighted by atomic mass is 35.5. The molecule has 7 nitrogen and oxygen atoms in total. The van der Waals surface area contributed by atoms with Gasteiger partial charge in [-0.25, -0.2) is 4.79 Å². The van der Waals surface area contributed by atoms with Gasteiger partial charge >= 0.3 is 6.03 Å². The number of hydrogen-bond acceptors (Lipinski definition) is 5. The van der Waals surface area contributed by atoms with Gasteiger partial charge in [0.25, 0.3) is 5.91 Å². The largest absolute Gasteiger partial charge is 0.339 e. The second-order valence-corrected chi connectivity index (χ2v) is 8.77. The van der Waals surface area contributed by atoms with Crippen molar-refractivity contribution in [1.29, 1.82) is 0 Å². The summed E-state index contributed by atoms with van der Waals surface area (Å²) in [6.45, 7) is 7.07. The minimum absolute atomic E-state index is 0.180. The zero-order valence-electron chi connectivity index (χ0n) is 15.7. The third kappa shape index (κ3) is 4.12. The van der Waals surface area contributed by atoms with E-state index in [-0.39, 0.29) is 18.4 Å². The minimum Gasteiger partial charge on any atom is -0.339 e. The van der Waals surface area contributed by atoms with Gasteiger partial charge in [0.05, 0.1) is 4.34 Å². The van der Waals surface area contributed by atoms with E-state index in [1.807, 2.05) is 26.0 Å². The molecule has 1 aromatic heterocycles. The van der Waals surface area contributed by atoms with Crippen molar-refractivity contribution in [2.45, 2.75) is 38.8 Å². The van der Waals surface area contributed by atoms with E-state index in [0.717, 1.165) is 28.9 Å². The van der Waals surface area contributed by atoms with Crippen molar-refractivity contribution in [2.24, 2.45) is 0 Å². The van der Waals surface area contributed by atoms with Crippen molar-refractivity contribution >= 4 is 40.8 Å². The van der Waals surface area contributed by atoms with Crippen molar-refractivity contribution in [1.82, 2.24) is 20.0 Å². The average Bonchev–Trinajstić information content (AvgIpc) is 3.18. The van der Waals surface area contributed by atoms with Crippen molar-refractivity contribution in [2.75, 3.05) is 32.7 Å². The van der Waals surface area contributed by atoms with Gasteiger partial charge in [-0.05, 0) is 25.0 Å². The zero-order valence-corrected chi connectivity index (χ0v) is 17.2. The Balaban J connectivity index is 1.52. The second kappa shape index (κ2) is 8.16. The lowest BCUT2D eigenvalue weighted by Gasteiger charge is -2.35. The summed E-state index contributed by atoms with van der Waals surface area (Å²) >= 11 is 7.54. The molecule has 0 saturated carbocycles. The maximum Gasteiger partial charge on any atom is 0.325 e. The lowest BCUT2D eigenvalue weighted by atomic mass is 9.93. The molecule has 0 bridgehead atoms. The molecule has 9 heteroatoms. The Kier molecular flexibility index (Phi) is 6.08. The molecule has 0 atom stereocenters. The number of urea groups is 1. The average molecular weight is 413 g/mol. The summed E-state index contributed by atoms with van der Waals surface area (Å²) < 4.78 is 0.780. The van der Waals surface area contributed by atoms with Crippen LogP contribution in [0.2, 0.25) is 4.34 Å². The molecule has 2 aliphatic rings. The molecule has 0 unspecified atom stereocenters. The van der Waals surface area contributed by atoms with Crippen LogP contribution in [0.25, 0.3) is 0 Å². The van der Waals surface area contributed by atoms with Crippen LogP contribution in [0.15, 0.2) is 12.1 Å². The molecule has 0 aromatic carbocycles. The van der Waals surface area contributed by atoms with Gasteiger partial charge in [0.2, 0.25) is 5.91 Å². The maximum atomic E-state index is 12.6. The van der Waals surface area contributed by atoms with E-state index in [0.29, 0.717) is 25.9 Å². The Morgan fingerprint density at radius 1 is 1.19 bits per heavy atom. The van der Waals surface area contributed by atoms with E-state index >= 15 is 0 Å². The highest BCUT2D eigenvalue weighted by Crippen LogP contribution is 2.25. The molecule has 0 radical (unpaired) electrons. The number of hydrogen-bond donors (Lipinski definition) is 1.